The molecule has 0 spiro atoms. The number of ether oxygens (including phenoxy) is 1. The van der Waals surface area contributed by atoms with Crippen LogP contribution in [0.3, 0.4) is 0 Å². The molecule has 0 aliphatic carbocycles. The number of aromatic amines is 1. The van der Waals surface area contributed by atoms with E-state index >= 15 is 0 Å². The summed E-state index contributed by atoms with van der Waals surface area (Å²) in [5, 5.41) is 17.5. The molecule has 0 radical (unpaired) electrons. The third-order valence-electron chi connectivity index (χ3n) is 4.80. The van der Waals surface area contributed by atoms with Gasteiger partial charge in [0, 0.05) is 24.7 Å². The van der Waals surface area contributed by atoms with Crippen molar-refractivity contribution in [2.45, 2.75) is 45.8 Å². The van der Waals surface area contributed by atoms with E-state index in [2.05, 4.69) is 10.2 Å². The smallest absolute Gasteiger partial charge is 0.266 e. The summed E-state index contributed by atoms with van der Waals surface area (Å²) in [6.45, 7) is 8.31. The summed E-state index contributed by atoms with van der Waals surface area (Å²) in [7, 11) is 0. The lowest BCUT2D eigenvalue weighted by molar-refractivity contribution is -0.144. The van der Waals surface area contributed by atoms with Gasteiger partial charge < -0.3 is 14.7 Å². The Morgan fingerprint density at radius 1 is 1.35 bits per heavy atom. The molecule has 1 aromatic heterocycles. The Kier molecular flexibility index (Phi) is 5.05. The zero-order chi connectivity index (χ0) is 18.9. The maximum atomic E-state index is 13.0. The van der Waals surface area contributed by atoms with E-state index in [0.717, 1.165) is 17.0 Å². The topological polar surface area (TPSA) is 78.5 Å². The van der Waals surface area contributed by atoms with Gasteiger partial charge in [0.2, 0.25) is 0 Å². The average Bonchev–Trinajstić information content (AvgIpc) is 3.12. The molecule has 2 aromatic rings. The molecule has 2 heterocycles. The number of nitrogens with one attached hydrogen (secondary N) is 1. The molecule has 1 amide bonds. The number of aliphatic hydroxyl groups is 1. The molecule has 1 aliphatic rings. The monoisotopic (exact) mass is 357 g/mol. The lowest BCUT2D eigenvalue weighted by Gasteiger charge is -2.30. The predicted octanol–water partition coefficient (Wildman–Crippen LogP) is 2.25. The molecule has 2 atom stereocenters. The number of aryl methyl sites for hydroxylation is 2. The second-order valence-electron chi connectivity index (χ2n) is 7.71. The molecule has 1 aliphatic heterocycles. The number of aliphatic hydroxyl groups excluding tert-OH is 1. The van der Waals surface area contributed by atoms with Crippen molar-refractivity contribution in [2.24, 2.45) is 5.92 Å². The quantitative estimate of drug-likeness (QED) is 0.860. The van der Waals surface area contributed by atoms with Crippen LogP contribution in [0.25, 0.3) is 0 Å². The van der Waals surface area contributed by atoms with Crippen LogP contribution in [0.2, 0.25) is 0 Å². The van der Waals surface area contributed by atoms with Crippen LogP contribution in [0.15, 0.2) is 30.3 Å². The lowest BCUT2D eigenvalue weighted by Crippen LogP contribution is -2.48. The summed E-state index contributed by atoms with van der Waals surface area (Å²) >= 11 is 0. The van der Waals surface area contributed by atoms with E-state index in [1.165, 1.54) is 0 Å². The van der Waals surface area contributed by atoms with E-state index in [1.807, 2.05) is 44.2 Å². The minimum absolute atomic E-state index is 0.0172. The van der Waals surface area contributed by atoms with Crippen LogP contribution in [0.4, 0.5) is 0 Å². The van der Waals surface area contributed by atoms with Crippen molar-refractivity contribution in [3.05, 3.63) is 47.3 Å². The van der Waals surface area contributed by atoms with Gasteiger partial charge in [-0.3, -0.25) is 9.89 Å². The Bertz CT molecular complexity index is 784. The number of likely N-dealkylation sites (tertiary alicyclic amines) is 1. The van der Waals surface area contributed by atoms with Gasteiger partial charge in [-0.1, -0.05) is 12.1 Å². The highest BCUT2D eigenvalue weighted by atomic mass is 16.5. The minimum Gasteiger partial charge on any atom is -0.478 e. The van der Waals surface area contributed by atoms with E-state index in [1.54, 1.807) is 18.7 Å². The Morgan fingerprint density at radius 2 is 2.12 bits per heavy atom. The van der Waals surface area contributed by atoms with Crippen molar-refractivity contribution in [1.29, 1.82) is 0 Å². The molecule has 1 saturated heterocycles. The number of nitrogens with zero attached hydrogens (tertiary/aromatic N) is 2. The van der Waals surface area contributed by atoms with E-state index < -0.39 is 11.7 Å². The third-order valence-corrected chi connectivity index (χ3v) is 4.80. The number of carbonyl (C=O) groups is 1. The van der Waals surface area contributed by atoms with Crippen molar-refractivity contribution < 1.29 is 14.6 Å². The highest BCUT2D eigenvalue weighted by Crippen LogP contribution is 2.26. The third kappa shape index (κ3) is 4.07. The fourth-order valence-corrected chi connectivity index (χ4v) is 3.47. The lowest BCUT2D eigenvalue weighted by atomic mass is 10.00. The molecule has 140 valence electrons. The zero-order valence-electron chi connectivity index (χ0n) is 15.8. The highest BCUT2D eigenvalue weighted by molar-refractivity contribution is 5.85. The van der Waals surface area contributed by atoms with Gasteiger partial charge in [0.05, 0.1) is 11.8 Å². The second-order valence-corrected chi connectivity index (χ2v) is 7.71. The second kappa shape index (κ2) is 7.11. The summed E-state index contributed by atoms with van der Waals surface area (Å²) in [5.74, 6) is 0.543. The van der Waals surface area contributed by atoms with Crippen LogP contribution in [0, 0.1) is 19.8 Å². The first-order valence-electron chi connectivity index (χ1n) is 8.98. The maximum Gasteiger partial charge on any atom is 0.266 e. The molecule has 1 aromatic carbocycles. The summed E-state index contributed by atoms with van der Waals surface area (Å²) in [5.41, 5.74) is 1.99. The predicted molar refractivity (Wildman–Crippen MR) is 99.0 cm³/mol. The fourth-order valence-electron chi connectivity index (χ4n) is 3.47. The molecule has 26 heavy (non-hydrogen) atoms. The molecule has 0 saturated carbocycles. The molecule has 6 heteroatoms. The number of aromatic nitrogens is 2. The van der Waals surface area contributed by atoms with Crippen LogP contribution in [0.5, 0.6) is 5.75 Å². The van der Waals surface area contributed by atoms with Gasteiger partial charge in [-0.2, -0.15) is 5.10 Å². The van der Waals surface area contributed by atoms with Gasteiger partial charge in [-0.15, -0.1) is 0 Å². The van der Waals surface area contributed by atoms with E-state index in [9.17, 15) is 9.90 Å². The molecular weight excluding hydrogens is 330 g/mol. The van der Waals surface area contributed by atoms with Gasteiger partial charge in [0.25, 0.3) is 5.91 Å². The summed E-state index contributed by atoms with van der Waals surface area (Å²) in [6, 6.07) is 9.63. The van der Waals surface area contributed by atoms with E-state index in [-0.39, 0.29) is 11.8 Å². The molecule has 3 rings (SSSR count). The van der Waals surface area contributed by atoms with Crippen molar-refractivity contribution in [2.75, 3.05) is 13.1 Å². The number of rotatable bonds is 5. The van der Waals surface area contributed by atoms with Crippen molar-refractivity contribution in [3.63, 3.8) is 0 Å². The van der Waals surface area contributed by atoms with Crippen LogP contribution >= 0.6 is 0 Å². The number of amides is 1. The molecule has 2 N–H and O–H groups in total. The molecular formula is C20H27N3O3. The molecule has 0 bridgehead atoms. The van der Waals surface area contributed by atoms with Crippen LogP contribution in [0.1, 0.15) is 30.8 Å². The fraction of sp³-hybridized carbons (Fsp3) is 0.500. The Labute approximate surface area is 154 Å². The first-order valence-corrected chi connectivity index (χ1v) is 8.98. The van der Waals surface area contributed by atoms with E-state index in [0.29, 0.717) is 25.3 Å². The summed E-state index contributed by atoms with van der Waals surface area (Å²) in [4.78, 5) is 14.7. The minimum atomic E-state index is -0.995. The molecule has 1 fully saturated rings. The largest absolute Gasteiger partial charge is 0.478 e. The SMILES string of the molecule is Cc1cccc(OC(C)(C)C(=O)N2C[C@@H](Cc3cc(C)[nH]n3)[C@H](O)C2)c1. The zero-order valence-corrected chi connectivity index (χ0v) is 15.8. The van der Waals surface area contributed by atoms with Gasteiger partial charge in [0.15, 0.2) is 5.60 Å². The van der Waals surface area contributed by atoms with Crippen molar-refractivity contribution >= 4 is 5.91 Å². The first kappa shape index (κ1) is 18.5. The number of carbonyl (C=O) groups excluding carboxylic acids is 1. The normalized spacial score (nSPS) is 20.4. The standard InChI is InChI=1S/C20H27N3O3/c1-13-6-5-7-17(8-13)26-20(3,4)19(25)23-11-15(18(24)12-23)10-16-9-14(2)21-22-16/h5-9,15,18,24H,10-12H2,1-4H3,(H,21,22)/t15-,18-/m1/s1. The number of benzene rings is 1. The Hall–Kier alpha value is -2.34. The van der Waals surface area contributed by atoms with Crippen molar-refractivity contribution in [1.82, 2.24) is 15.1 Å². The van der Waals surface area contributed by atoms with Crippen LogP contribution in [-0.2, 0) is 11.2 Å². The van der Waals surface area contributed by atoms with E-state index in [4.69, 9.17) is 4.74 Å². The Morgan fingerprint density at radius 3 is 2.77 bits per heavy atom. The van der Waals surface area contributed by atoms with Gasteiger partial charge in [-0.05, 0) is 57.9 Å². The van der Waals surface area contributed by atoms with Crippen LogP contribution < -0.4 is 4.74 Å². The molecule has 6 nitrogen and oxygen atoms in total. The van der Waals surface area contributed by atoms with Crippen LogP contribution in [-0.4, -0.2) is 50.9 Å². The average molecular weight is 357 g/mol. The Balaban J connectivity index is 1.65. The number of hydrogen-bond donors (Lipinski definition) is 2. The first-order chi connectivity index (χ1) is 12.2. The summed E-state index contributed by atoms with van der Waals surface area (Å²) < 4.78 is 5.96. The number of H-pyrrole nitrogens is 1. The summed E-state index contributed by atoms with van der Waals surface area (Å²) in [6.07, 6.45) is 0.0970. The van der Waals surface area contributed by atoms with Crippen molar-refractivity contribution in [3.8, 4) is 5.75 Å². The highest BCUT2D eigenvalue weighted by Gasteiger charge is 2.41. The van der Waals surface area contributed by atoms with Gasteiger partial charge in [-0.25, -0.2) is 0 Å². The molecule has 0 unspecified atom stereocenters. The number of β-amino-alcohol motifs (C(OH)–C–C–N with tert-alkyl or cyclic N) is 1. The maximum absolute atomic E-state index is 13.0. The van der Waals surface area contributed by atoms with Gasteiger partial charge >= 0.3 is 0 Å². The number of hydrogen-bond acceptors (Lipinski definition) is 4. The van der Waals surface area contributed by atoms with Gasteiger partial charge in [0.1, 0.15) is 5.75 Å².